The van der Waals surface area contributed by atoms with Crippen molar-refractivity contribution in [3.63, 3.8) is 0 Å². The van der Waals surface area contributed by atoms with Crippen LogP contribution in [0.3, 0.4) is 0 Å². The van der Waals surface area contributed by atoms with E-state index >= 15 is 0 Å². The number of anilines is 1. The Labute approximate surface area is 142 Å². The molecule has 1 fully saturated rings. The maximum atomic E-state index is 12.1. The highest BCUT2D eigenvalue weighted by molar-refractivity contribution is 5.90. The number of hydrogen-bond donors (Lipinski definition) is 1. The number of rotatable bonds is 6. The van der Waals surface area contributed by atoms with Gasteiger partial charge in [0, 0.05) is 30.8 Å². The molecule has 3 rings (SSSR count). The average molecular weight is 325 g/mol. The van der Waals surface area contributed by atoms with E-state index in [1.807, 2.05) is 30.3 Å². The summed E-state index contributed by atoms with van der Waals surface area (Å²) in [6.45, 7) is 1.76. The lowest BCUT2D eigenvalue weighted by molar-refractivity contribution is -0.116. The molecule has 24 heavy (non-hydrogen) atoms. The normalized spacial score (nSPS) is 17.6. The molecule has 2 heterocycles. The quantitative estimate of drug-likeness (QED) is 0.886. The number of aromatic nitrogens is 1. The van der Waals surface area contributed by atoms with Crippen molar-refractivity contribution < 1.29 is 9.53 Å². The molecule has 0 aliphatic carbocycles. The Bertz CT molecular complexity index is 675. The monoisotopic (exact) mass is 325 g/mol. The Balaban J connectivity index is 1.59. The molecule has 5 heteroatoms. The summed E-state index contributed by atoms with van der Waals surface area (Å²) in [6.07, 6.45) is 6.07. The maximum absolute atomic E-state index is 12.1. The number of hydrogen-bond acceptors (Lipinski definition) is 4. The predicted molar refractivity (Wildman–Crippen MR) is 94.0 cm³/mol. The molecule has 1 atom stereocenters. The maximum Gasteiger partial charge on any atom is 0.225 e. The lowest BCUT2D eigenvalue weighted by Crippen LogP contribution is -2.28. The van der Waals surface area contributed by atoms with Crippen molar-refractivity contribution in [1.82, 2.24) is 9.88 Å². The summed E-state index contributed by atoms with van der Waals surface area (Å²) in [5.74, 6) is 0.947. The molecule has 0 bridgehead atoms. The van der Waals surface area contributed by atoms with Gasteiger partial charge in [-0.15, -0.1) is 0 Å². The molecule has 1 aliphatic heterocycles. The molecule has 1 amide bonds. The van der Waals surface area contributed by atoms with Crippen molar-refractivity contribution in [2.24, 2.45) is 0 Å². The van der Waals surface area contributed by atoms with Gasteiger partial charge in [0.25, 0.3) is 0 Å². The van der Waals surface area contributed by atoms with Crippen LogP contribution in [-0.4, -0.2) is 36.0 Å². The van der Waals surface area contributed by atoms with Crippen molar-refractivity contribution in [2.75, 3.05) is 25.5 Å². The van der Waals surface area contributed by atoms with E-state index < -0.39 is 0 Å². The Morgan fingerprint density at radius 3 is 3.00 bits per heavy atom. The van der Waals surface area contributed by atoms with Gasteiger partial charge in [0.05, 0.1) is 19.0 Å². The van der Waals surface area contributed by atoms with E-state index in [-0.39, 0.29) is 5.91 Å². The van der Waals surface area contributed by atoms with Gasteiger partial charge in [0.1, 0.15) is 5.75 Å². The largest absolute Gasteiger partial charge is 0.496 e. The smallest absolute Gasteiger partial charge is 0.225 e. The van der Waals surface area contributed by atoms with Gasteiger partial charge in [-0.05, 0) is 37.6 Å². The minimum absolute atomic E-state index is 0.0219. The van der Waals surface area contributed by atoms with Gasteiger partial charge >= 0.3 is 0 Å². The fraction of sp³-hybridized carbons (Fsp3) is 0.368. The molecule has 2 aromatic rings. The van der Waals surface area contributed by atoms with Crippen LogP contribution in [0.2, 0.25) is 0 Å². The van der Waals surface area contributed by atoms with E-state index in [1.54, 1.807) is 19.5 Å². The Morgan fingerprint density at radius 2 is 2.21 bits per heavy atom. The van der Waals surface area contributed by atoms with E-state index in [2.05, 4.69) is 21.3 Å². The number of amides is 1. The lowest BCUT2D eigenvalue weighted by Gasteiger charge is -2.25. The van der Waals surface area contributed by atoms with Gasteiger partial charge < -0.3 is 10.1 Å². The van der Waals surface area contributed by atoms with E-state index in [0.717, 1.165) is 37.4 Å². The van der Waals surface area contributed by atoms with Crippen molar-refractivity contribution in [3.05, 3.63) is 54.4 Å². The number of ether oxygens (including phenoxy) is 1. The van der Waals surface area contributed by atoms with Crippen molar-refractivity contribution in [1.29, 1.82) is 0 Å². The second-order valence-electron chi connectivity index (χ2n) is 5.98. The van der Waals surface area contributed by atoms with Crippen LogP contribution in [0.25, 0.3) is 0 Å². The van der Waals surface area contributed by atoms with Crippen molar-refractivity contribution in [3.8, 4) is 5.75 Å². The van der Waals surface area contributed by atoms with Crippen molar-refractivity contribution >= 4 is 11.6 Å². The minimum atomic E-state index is 0.0219. The van der Waals surface area contributed by atoms with Gasteiger partial charge in [-0.2, -0.15) is 0 Å². The molecule has 0 saturated carbocycles. The van der Waals surface area contributed by atoms with Crippen LogP contribution in [0.4, 0.5) is 5.69 Å². The van der Waals surface area contributed by atoms with Crippen LogP contribution >= 0.6 is 0 Å². The molecule has 1 aromatic heterocycles. The lowest BCUT2D eigenvalue weighted by atomic mass is 10.0. The highest BCUT2D eigenvalue weighted by atomic mass is 16.5. The second-order valence-corrected chi connectivity index (χ2v) is 5.98. The number of benzene rings is 1. The van der Waals surface area contributed by atoms with Crippen molar-refractivity contribution in [2.45, 2.75) is 25.3 Å². The van der Waals surface area contributed by atoms with Gasteiger partial charge in [-0.25, -0.2) is 0 Å². The third-order valence-electron chi connectivity index (χ3n) is 4.43. The number of pyridine rings is 1. The number of carbonyl (C=O) groups excluding carboxylic acids is 1. The topological polar surface area (TPSA) is 54.5 Å². The molecule has 5 nitrogen and oxygen atoms in total. The first kappa shape index (κ1) is 16.5. The SMILES string of the molecule is COc1ccccc1[C@H]1CCCN1CCC(=O)Nc1cccnc1. The first-order valence-corrected chi connectivity index (χ1v) is 8.35. The second kappa shape index (κ2) is 7.93. The zero-order valence-corrected chi connectivity index (χ0v) is 13.9. The zero-order chi connectivity index (χ0) is 16.8. The predicted octanol–water partition coefficient (Wildman–Crippen LogP) is 3.26. The van der Waals surface area contributed by atoms with E-state index in [9.17, 15) is 4.79 Å². The number of nitrogens with one attached hydrogen (secondary N) is 1. The molecule has 126 valence electrons. The standard InChI is InChI=1S/C19H23N3O2/c1-24-18-9-3-2-7-16(18)17-8-5-12-22(17)13-10-19(23)21-15-6-4-11-20-14-15/h2-4,6-7,9,11,14,17H,5,8,10,12-13H2,1H3,(H,21,23)/t17-/m1/s1. The molecule has 0 unspecified atom stereocenters. The van der Waals surface area contributed by atoms with E-state index in [4.69, 9.17) is 4.74 Å². The molecular formula is C19H23N3O2. The van der Waals surface area contributed by atoms with E-state index in [0.29, 0.717) is 12.5 Å². The fourth-order valence-corrected chi connectivity index (χ4v) is 3.29. The highest BCUT2D eigenvalue weighted by Crippen LogP contribution is 2.36. The first-order chi connectivity index (χ1) is 11.8. The third-order valence-corrected chi connectivity index (χ3v) is 4.43. The summed E-state index contributed by atoms with van der Waals surface area (Å²) in [4.78, 5) is 18.5. The third kappa shape index (κ3) is 3.92. The number of nitrogens with zero attached hydrogens (tertiary/aromatic N) is 2. The molecule has 1 N–H and O–H groups in total. The van der Waals surface area contributed by atoms with Crippen LogP contribution in [0.15, 0.2) is 48.8 Å². The summed E-state index contributed by atoms with van der Waals surface area (Å²) in [7, 11) is 1.71. The average Bonchev–Trinajstić information content (AvgIpc) is 3.09. The first-order valence-electron chi connectivity index (χ1n) is 8.35. The Morgan fingerprint density at radius 1 is 1.33 bits per heavy atom. The van der Waals surface area contributed by atoms with Crippen LogP contribution in [-0.2, 0) is 4.79 Å². The number of likely N-dealkylation sites (tertiary alicyclic amines) is 1. The summed E-state index contributed by atoms with van der Waals surface area (Å²) in [5, 5.41) is 2.89. The molecule has 1 saturated heterocycles. The summed E-state index contributed by atoms with van der Waals surface area (Å²) in [6, 6.07) is 12.1. The molecule has 0 spiro atoms. The fourth-order valence-electron chi connectivity index (χ4n) is 3.29. The van der Waals surface area contributed by atoms with Crippen LogP contribution in [0.1, 0.15) is 30.9 Å². The van der Waals surface area contributed by atoms with Gasteiger partial charge in [-0.1, -0.05) is 18.2 Å². The Hall–Kier alpha value is -2.40. The molecule has 1 aliphatic rings. The van der Waals surface area contributed by atoms with Gasteiger partial charge in [0.15, 0.2) is 0 Å². The number of para-hydroxylation sites is 1. The summed E-state index contributed by atoms with van der Waals surface area (Å²) >= 11 is 0. The summed E-state index contributed by atoms with van der Waals surface area (Å²) < 4.78 is 5.50. The Kier molecular flexibility index (Phi) is 5.43. The molecule has 0 radical (unpaired) electrons. The molecule has 1 aromatic carbocycles. The van der Waals surface area contributed by atoms with Crippen LogP contribution in [0.5, 0.6) is 5.75 Å². The zero-order valence-electron chi connectivity index (χ0n) is 13.9. The highest BCUT2D eigenvalue weighted by Gasteiger charge is 2.28. The number of methoxy groups -OCH3 is 1. The van der Waals surface area contributed by atoms with Crippen LogP contribution in [0, 0.1) is 0 Å². The number of carbonyl (C=O) groups is 1. The van der Waals surface area contributed by atoms with E-state index in [1.165, 1.54) is 5.56 Å². The van der Waals surface area contributed by atoms with Crippen LogP contribution < -0.4 is 10.1 Å². The minimum Gasteiger partial charge on any atom is -0.496 e. The summed E-state index contributed by atoms with van der Waals surface area (Å²) in [5.41, 5.74) is 1.95. The molecular weight excluding hydrogens is 302 g/mol. The van der Waals surface area contributed by atoms with Gasteiger partial charge in [0.2, 0.25) is 5.91 Å². The van der Waals surface area contributed by atoms with Gasteiger partial charge in [-0.3, -0.25) is 14.7 Å².